The second-order valence-corrected chi connectivity index (χ2v) is 5.80. The van der Waals surface area contributed by atoms with Crippen LogP contribution in [0, 0.1) is 5.41 Å². The van der Waals surface area contributed by atoms with E-state index in [2.05, 4.69) is 31.9 Å². The van der Waals surface area contributed by atoms with E-state index < -0.39 is 0 Å². The highest BCUT2D eigenvalue weighted by molar-refractivity contribution is 9.10. The van der Waals surface area contributed by atoms with Crippen molar-refractivity contribution in [3.8, 4) is 0 Å². The monoisotopic (exact) mass is 267 g/mol. The number of aromatic nitrogens is 1. The van der Waals surface area contributed by atoms with E-state index in [0.29, 0.717) is 11.5 Å². The number of hydrogen-bond donors (Lipinski definition) is 1. The first kappa shape index (κ1) is 9.60. The lowest BCUT2D eigenvalue weighted by atomic mass is 9.61. The molecule has 1 aliphatic heterocycles. The average Bonchev–Trinajstić information content (AvgIpc) is 2.08. The summed E-state index contributed by atoms with van der Waals surface area (Å²) in [7, 11) is 0. The lowest BCUT2D eigenvalue weighted by Crippen LogP contribution is -2.65. The van der Waals surface area contributed by atoms with Crippen LogP contribution in [0.15, 0.2) is 22.9 Å². The van der Waals surface area contributed by atoms with Crippen molar-refractivity contribution in [2.75, 3.05) is 18.0 Å². The first-order chi connectivity index (χ1) is 7.17. The summed E-state index contributed by atoms with van der Waals surface area (Å²) in [6.45, 7) is 2.30. The van der Waals surface area contributed by atoms with Gasteiger partial charge in [0.15, 0.2) is 0 Å². The van der Waals surface area contributed by atoms with Gasteiger partial charge < -0.3 is 10.6 Å². The van der Waals surface area contributed by atoms with E-state index in [4.69, 9.17) is 5.73 Å². The molecule has 0 radical (unpaired) electrons. The molecule has 1 aliphatic carbocycles. The number of rotatable bonds is 1. The van der Waals surface area contributed by atoms with E-state index in [-0.39, 0.29) is 0 Å². The van der Waals surface area contributed by atoms with Gasteiger partial charge in [0, 0.05) is 35.2 Å². The van der Waals surface area contributed by atoms with Crippen LogP contribution in [0.25, 0.3) is 0 Å². The van der Waals surface area contributed by atoms with E-state index >= 15 is 0 Å². The summed E-state index contributed by atoms with van der Waals surface area (Å²) < 4.78 is 1.05. The molecule has 1 spiro atoms. The Balaban J connectivity index is 1.68. The van der Waals surface area contributed by atoms with E-state index in [1.165, 1.54) is 18.5 Å². The highest BCUT2D eigenvalue weighted by Crippen LogP contribution is 2.48. The zero-order valence-corrected chi connectivity index (χ0v) is 10.1. The maximum absolute atomic E-state index is 5.83. The third kappa shape index (κ3) is 1.56. The first-order valence-electron chi connectivity index (χ1n) is 5.28. The maximum Gasteiger partial charge on any atom is 0.0564 e. The molecular weight excluding hydrogens is 254 g/mol. The summed E-state index contributed by atoms with van der Waals surface area (Å²) in [5, 5.41) is 0. The van der Waals surface area contributed by atoms with Crippen LogP contribution >= 0.6 is 15.9 Å². The van der Waals surface area contributed by atoms with Gasteiger partial charge in [0.1, 0.15) is 0 Å². The molecule has 3 nitrogen and oxygen atoms in total. The molecule has 1 aromatic rings. The first-order valence-corrected chi connectivity index (χ1v) is 6.07. The molecule has 3 rings (SSSR count). The van der Waals surface area contributed by atoms with Crippen LogP contribution in [0.5, 0.6) is 0 Å². The van der Waals surface area contributed by atoms with Crippen molar-refractivity contribution < 1.29 is 0 Å². The molecule has 0 amide bonds. The third-order valence-electron chi connectivity index (χ3n) is 3.50. The molecule has 0 atom stereocenters. The summed E-state index contributed by atoms with van der Waals surface area (Å²) in [5.41, 5.74) is 7.59. The minimum Gasteiger partial charge on any atom is -0.369 e. The van der Waals surface area contributed by atoms with Gasteiger partial charge in [-0.3, -0.25) is 4.98 Å². The van der Waals surface area contributed by atoms with Gasteiger partial charge in [-0.25, -0.2) is 0 Å². The molecule has 0 bridgehead atoms. The van der Waals surface area contributed by atoms with Crippen LogP contribution in [0.3, 0.4) is 0 Å². The SMILES string of the molecule is NC1CC2(C1)CN(c1cncc(Br)c1)C2. The number of anilines is 1. The number of nitrogens with two attached hydrogens (primary N) is 1. The summed E-state index contributed by atoms with van der Waals surface area (Å²) >= 11 is 3.44. The van der Waals surface area contributed by atoms with Gasteiger partial charge in [0.05, 0.1) is 11.9 Å². The van der Waals surface area contributed by atoms with Crippen molar-refractivity contribution in [2.45, 2.75) is 18.9 Å². The third-order valence-corrected chi connectivity index (χ3v) is 3.93. The number of nitrogens with zero attached hydrogens (tertiary/aromatic N) is 2. The topological polar surface area (TPSA) is 42.1 Å². The molecule has 0 aromatic carbocycles. The predicted octanol–water partition coefficient (Wildman–Crippen LogP) is 1.77. The minimum atomic E-state index is 0.452. The summed E-state index contributed by atoms with van der Waals surface area (Å²) in [6.07, 6.45) is 6.14. The fourth-order valence-corrected chi connectivity index (χ4v) is 3.18. The van der Waals surface area contributed by atoms with Gasteiger partial charge in [-0.05, 0) is 34.8 Å². The van der Waals surface area contributed by atoms with Crippen molar-refractivity contribution in [2.24, 2.45) is 11.1 Å². The standard InChI is InChI=1S/C11H14BrN3/c12-8-1-10(5-14-4-8)15-6-11(7-15)2-9(13)3-11/h1,4-5,9H,2-3,6-7,13H2. The van der Waals surface area contributed by atoms with Gasteiger partial charge in [0.2, 0.25) is 0 Å². The molecule has 1 aromatic heterocycles. The molecule has 2 heterocycles. The highest BCUT2D eigenvalue weighted by Gasteiger charge is 2.51. The van der Waals surface area contributed by atoms with Crippen molar-refractivity contribution in [3.05, 3.63) is 22.9 Å². The van der Waals surface area contributed by atoms with E-state index in [9.17, 15) is 0 Å². The van der Waals surface area contributed by atoms with Crippen LogP contribution in [-0.2, 0) is 0 Å². The van der Waals surface area contributed by atoms with E-state index in [1.807, 2.05) is 12.4 Å². The highest BCUT2D eigenvalue weighted by atomic mass is 79.9. The number of halogens is 1. The molecule has 2 aliphatic rings. The van der Waals surface area contributed by atoms with E-state index in [0.717, 1.165) is 17.6 Å². The minimum absolute atomic E-state index is 0.452. The lowest BCUT2D eigenvalue weighted by molar-refractivity contribution is 0.0664. The summed E-state index contributed by atoms with van der Waals surface area (Å²) in [5.74, 6) is 0. The molecular formula is C11H14BrN3. The molecule has 0 unspecified atom stereocenters. The fraction of sp³-hybridized carbons (Fsp3) is 0.545. The Kier molecular flexibility index (Phi) is 2.04. The zero-order chi connectivity index (χ0) is 10.5. The Hall–Kier alpha value is -0.610. The average molecular weight is 268 g/mol. The molecule has 80 valence electrons. The van der Waals surface area contributed by atoms with Crippen molar-refractivity contribution >= 4 is 21.6 Å². The van der Waals surface area contributed by atoms with Gasteiger partial charge in [-0.2, -0.15) is 0 Å². The van der Waals surface area contributed by atoms with Crippen molar-refractivity contribution in [3.63, 3.8) is 0 Å². The summed E-state index contributed by atoms with van der Waals surface area (Å²) in [4.78, 5) is 6.56. The fourth-order valence-electron chi connectivity index (χ4n) is 2.83. The van der Waals surface area contributed by atoms with Crippen LogP contribution in [0.4, 0.5) is 5.69 Å². The molecule has 15 heavy (non-hydrogen) atoms. The smallest absolute Gasteiger partial charge is 0.0564 e. The number of hydrogen-bond acceptors (Lipinski definition) is 3. The van der Waals surface area contributed by atoms with Gasteiger partial charge in [-0.15, -0.1) is 0 Å². The van der Waals surface area contributed by atoms with Gasteiger partial charge in [-0.1, -0.05) is 0 Å². The number of pyridine rings is 1. The Morgan fingerprint density at radius 3 is 2.73 bits per heavy atom. The van der Waals surface area contributed by atoms with Crippen molar-refractivity contribution in [1.82, 2.24) is 4.98 Å². The van der Waals surface area contributed by atoms with Crippen LogP contribution in [0.1, 0.15) is 12.8 Å². The van der Waals surface area contributed by atoms with Crippen molar-refractivity contribution in [1.29, 1.82) is 0 Å². The molecule has 4 heteroatoms. The van der Waals surface area contributed by atoms with Gasteiger partial charge in [0.25, 0.3) is 0 Å². The molecule has 2 fully saturated rings. The lowest BCUT2D eigenvalue weighted by Gasteiger charge is -2.59. The Bertz CT molecular complexity index is 379. The normalized spacial score (nSPS) is 23.7. The Morgan fingerprint density at radius 1 is 1.40 bits per heavy atom. The van der Waals surface area contributed by atoms with Gasteiger partial charge >= 0.3 is 0 Å². The predicted molar refractivity (Wildman–Crippen MR) is 63.8 cm³/mol. The zero-order valence-electron chi connectivity index (χ0n) is 8.49. The molecule has 2 N–H and O–H groups in total. The largest absolute Gasteiger partial charge is 0.369 e. The molecule has 1 saturated heterocycles. The second kappa shape index (κ2) is 3.19. The van der Waals surface area contributed by atoms with Crippen LogP contribution in [-0.4, -0.2) is 24.1 Å². The second-order valence-electron chi connectivity index (χ2n) is 4.89. The Labute approximate surface area is 97.8 Å². The van der Waals surface area contributed by atoms with Crippen LogP contribution in [0.2, 0.25) is 0 Å². The van der Waals surface area contributed by atoms with E-state index in [1.54, 1.807) is 0 Å². The summed E-state index contributed by atoms with van der Waals surface area (Å²) in [6, 6.07) is 2.58. The molecule has 1 saturated carbocycles. The van der Waals surface area contributed by atoms with Crippen LogP contribution < -0.4 is 10.6 Å². The Morgan fingerprint density at radius 2 is 2.13 bits per heavy atom. The quantitative estimate of drug-likeness (QED) is 0.844. The maximum atomic E-state index is 5.83.